The average molecular weight is 174 g/mol. The molecule has 0 atom stereocenters. The van der Waals surface area contributed by atoms with Crippen LogP contribution in [-0.4, -0.2) is 11.7 Å². The lowest BCUT2D eigenvalue weighted by molar-refractivity contribution is -0.148. The molecule has 2 fully saturated rings. The van der Waals surface area contributed by atoms with Crippen molar-refractivity contribution in [2.75, 3.05) is 0 Å². The second kappa shape index (κ2) is 2.27. The number of carbonyl (C=O) groups is 1. The zero-order valence-corrected chi connectivity index (χ0v) is 6.91. The van der Waals surface area contributed by atoms with Crippen molar-refractivity contribution in [3.63, 3.8) is 0 Å². The van der Waals surface area contributed by atoms with E-state index in [0.29, 0.717) is 19.3 Å². The van der Waals surface area contributed by atoms with Gasteiger partial charge in [-0.2, -0.15) is 0 Å². The van der Waals surface area contributed by atoms with E-state index in [2.05, 4.69) is 0 Å². The van der Waals surface area contributed by atoms with Crippen LogP contribution >= 0.6 is 0 Å². The minimum absolute atomic E-state index is 0.0846. The highest BCUT2D eigenvalue weighted by molar-refractivity contribution is 5.90. The van der Waals surface area contributed by atoms with Crippen molar-refractivity contribution in [2.45, 2.75) is 44.4 Å². The third kappa shape index (κ3) is 1.06. The molecular formula is C9H12F2O. The van der Waals surface area contributed by atoms with Crippen LogP contribution < -0.4 is 0 Å². The molecule has 1 spiro atoms. The molecule has 0 aromatic heterocycles. The molecule has 0 bridgehead atoms. The lowest BCUT2D eigenvalue weighted by atomic mass is 9.59. The summed E-state index contributed by atoms with van der Waals surface area (Å²) in [5, 5.41) is 0. The van der Waals surface area contributed by atoms with Crippen LogP contribution in [0.15, 0.2) is 0 Å². The minimum atomic E-state index is -2.50. The fourth-order valence-electron chi connectivity index (χ4n) is 2.20. The number of rotatable bonds is 0. The summed E-state index contributed by atoms with van der Waals surface area (Å²) in [4.78, 5) is 11.2. The fraction of sp³-hybridized carbons (Fsp3) is 0.889. The highest BCUT2D eigenvalue weighted by Gasteiger charge is 2.51. The van der Waals surface area contributed by atoms with Crippen LogP contribution in [0.3, 0.4) is 0 Å². The van der Waals surface area contributed by atoms with Gasteiger partial charge in [-0.3, -0.25) is 4.79 Å². The van der Waals surface area contributed by atoms with E-state index in [1.807, 2.05) is 0 Å². The largest absolute Gasteiger partial charge is 0.299 e. The zero-order valence-electron chi connectivity index (χ0n) is 6.91. The van der Waals surface area contributed by atoms with E-state index in [1.165, 1.54) is 0 Å². The number of alkyl halides is 2. The Morgan fingerprint density at radius 1 is 1.00 bits per heavy atom. The van der Waals surface area contributed by atoms with Crippen molar-refractivity contribution < 1.29 is 13.6 Å². The minimum Gasteiger partial charge on any atom is -0.299 e. The van der Waals surface area contributed by atoms with Crippen LogP contribution in [0.25, 0.3) is 0 Å². The Labute approximate surface area is 70.1 Å². The normalized spacial score (nSPS) is 31.7. The summed E-state index contributed by atoms with van der Waals surface area (Å²) in [7, 11) is 0. The van der Waals surface area contributed by atoms with E-state index in [-0.39, 0.29) is 24.0 Å². The average Bonchev–Trinajstić information content (AvgIpc) is 2.02. The standard InChI is InChI=1S/C9H12F2O/c10-9(11)5-3-8(4-6-9)2-1-7(8)12/h1-6H2. The van der Waals surface area contributed by atoms with Gasteiger partial charge >= 0.3 is 0 Å². The first-order valence-electron chi connectivity index (χ1n) is 4.45. The lowest BCUT2D eigenvalue weighted by Crippen LogP contribution is -2.45. The van der Waals surface area contributed by atoms with Gasteiger partial charge in [0.05, 0.1) is 0 Å². The van der Waals surface area contributed by atoms with Gasteiger partial charge in [-0.25, -0.2) is 8.78 Å². The van der Waals surface area contributed by atoms with E-state index >= 15 is 0 Å². The van der Waals surface area contributed by atoms with Crippen LogP contribution in [0.2, 0.25) is 0 Å². The summed E-state index contributed by atoms with van der Waals surface area (Å²) in [6.45, 7) is 0. The first kappa shape index (κ1) is 8.14. The van der Waals surface area contributed by atoms with E-state index < -0.39 is 5.92 Å². The van der Waals surface area contributed by atoms with Crippen LogP contribution in [0, 0.1) is 5.41 Å². The molecule has 12 heavy (non-hydrogen) atoms. The number of hydrogen-bond acceptors (Lipinski definition) is 1. The molecule has 2 rings (SSSR count). The second-order valence-electron chi connectivity index (χ2n) is 4.06. The molecule has 2 saturated carbocycles. The highest BCUT2D eigenvalue weighted by atomic mass is 19.3. The van der Waals surface area contributed by atoms with Gasteiger partial charge in [-0.1, -0.05) is 0 Å². The molecule has 0 heterocycles. The smallest absolute Gasteiger partial charge is 0.248 e. The van der Waals surface area contributed by atoms with Crippen LogP contribution in [0.1, 0.15) is 38.5 Å². The van der Waals surface area contributed by atoms with Gasteiger partial charge in [0.1, 0.15) is 5.78 Å². The Balaban J connectivity index is 2.03. The van der Waals surface area contributed by atoms with Crippen molar-refractivity contribution in [2.24, 2.45) is 5.41 Å². The molecule has 2 aliphatic rings. The van der Waals surface area contributed by atoms with E-state index in [4.69, 9.17) is 0 Å². The highest BCUT2D eigenvalue weighted by Crippen LogP contribution is 2.52. The molecule has 0 aromatic rings. The molecular weight excluding hydrogens is 162 g/mol. The van der Waals surface area contributed by atoms with Gasteiger partial charge in [-0.05, 0) is 19.3 Å². The number of halogens is 2. The van der Waals surface area contributed by atoms with E-state index in [9.17, 15) is 13.6 Å². The molecule has 0 saturated heterocycles. The fourth-order valence-corrected chi connectivity index (χ4v) is 2.20. The van der Waals surface area contributed by atoms with E-state index in [1.54, 1.807) is 0 Å². The first-order valence-corrected chi connectivity index (χ1v) is 4.45. The Hall–Kier alpha value is -0.470. The molecule has 0 aromatic carbocycles. The summed E-state index contributed by atoms with van der Waals surface area (Å²) in [6, 6.07) is 0. The van der Waals surface area contributed by atoms with Gasteiger partial charge in [-0.15, -0.1) is 0 Å². The lowest BCUT2D eigenvalue weighted by Gasteiger charge is -2.44. The van der Waals surface area contributed by atoms with E-state index in [0.717, 1.165) is 6.42 Å². The summed E-state index contributed by atoms with van der Waals surface area (Å²) in [6.07, 6.45) is 2.13. The molecule has 1 nitrogen and oxygen atoms in total. The predicted octanol–water partition coefficient (Wildman–Crippen LogP) is 2.55. The quantitative estimate of drug-likeness (QED) is 0.551. The van der Waals surface area contributed by atoms with Crippen molar-refractivity contribution in [3.05, 3.63) is 0 Å². The molecule has 0 N–H and O–H groups in total. The first-order chi connectivity index (χ1) is 5.54. The third-order valence-corrected chi connectivity index (χ3v) is 3.36. The van der Waals surface area contributed by atoms with Crippen LogP contribution in [0.5, 0.6) is 0 Å². The summed E-state index contributed by atoms with van der Waals surface area (Å²) >= 11 is 0. The summed E-state index contributed by atoms with van der Waals surface area (Å²) in [5.74, 6) is -2.28. The maximum absolute atomic E-state index is 12.7. The molecule has 0 aliphatic heterocycles. The van der Waals surface area contributed by atoms with Gasteiger partial charge in [0, 0.05) is 24.7 Å². The Morgan fingerprint density at radius 2 is 1.58 bits per heavy atom. The summed E-state index contributed by atoms with van der Waals surface area (Å²) < 4.78 is 25.4. The SMILES string of the molecule is O=C1CCC12CCC(F)(F)CC2. The van der Waals surface area contributed by atoms with Crippen molar-refractivity contribution in [1.82, 2.24) is 0 Å². The monoisotopic (exact) mass is 174 g/mol. The molecule has 2 aliphatic carbocycles. The topological polar surface area (TPSA) is 17.1 Å². The van der Waals surface area contributed by atoms with Crippen molar-refractivity contribution in [3.8, 4) is 0 Å². The van der Waals surface area contributed by atoms with Gasteiger partial charge in [0.15, 0.2) is 0 Å². The number of Topliss-reactive ketones (excluding diaryl/α,β-unsaturated/α-hetero) is 1. The van der Waals surface area contributed by atoms with Gasteiger partial charge in [0.2, 0.25) is 5.92 Å². The third-order valence-electron chi connectivity index (χ3n) is 3.36. The van der Waals surface area contributed by atoms with Gasteiger partial charge < -0.3 is 0 Å². The zero-order chi connectivity index (χ0) is 8.82. The second-order valence-corrected chi connectivity index (χ2v) is 4.06. The molecule has 0 amide bonds. The predicted molar refractivity (Wildman–Crippen MR) is 40.1 cm³/mol. The molecule has 0 unspecified atom stereocenters. The maximum atomic E-state index is 12.7. The van der Waals surface area contributed by atoms with Gasteiger partial charge in [0.25, 0.3) is 0 Å². The molecule has 68 valence electrons. The molecule has 3 heteroatoms. The van der Waals surface area contributed by atoms with Crippen molar-refractivity contribution in [1.29, 1.82) is 0 Å². The maximum Gasteiger partial charge on any atom is 0.248 e. The summed E-state index contributed by atoms with van der Waals surface area (Å²) in [5.41, 5.74) is -0.304. The Bertz CT molecular complexity index is 213. The van der Waals surface area contributed by atoms with Crippen molar-refractivity contribution >= 4 is 5.78 Å². The van der Waals surface area contributed by atoms with Crippen LogP contribution in [-0.2, 0) is 4.79 Å². The van der Waals surface area contributed by atoms with Crippen LogP contribution in [0.4, 0.5) is 8.78 Å². The number of carbonyl (C=O) groups excluding carboxylic acids is 1. The number of ketones is 1. The number of hydrogen-bond donors (Lipinski definition) is 0. The Morgan fingerprint density at radius 3 is 1.92 bits per heavy atom. The molecule has 0 radical (unpaired) electrons. The Kier molecular flexibility index (Phi) is 1.54.